The minimum atomic E-state index is -0.213. The fraction of sp³-hybridized carbons (Fsp3) is 0.600. The number of hydrogen-bond donors (Lipinski definition) is 1. The van der Waals surface area contributed by atoms with Gasteiger partial charge in [-0.15, -0.1) is 0 Å². The van der Waals surface area contributed by atoms with Gasteiger partial charge in [0, 0.05) is 23.9 Å². The topological polar surface area (TPSA) is 53.7 Å². The Kier molecular flexibility index (Phi) is 3.37. The standard InChI is InChI=1S/C15H21NO3/c1-17-13-4-2-3-12(15(16)7-8-15)14(13)19-11-5-9-18-10-6-11/h2-4,11H,5-10,16H2,1H3. The molecule has 2 aliphatic rings. The number of nitrogens with two attached hydrogens (primary N) is 1. The molecule has 4 nitrogen and oxygen atoms in total. The number of hydrogen-bond acceptors (Lipinski definition) is 4. The van der Waals surface area contributed by atoms with Crippen LogP contribution >= 0.6 is 0 Å². The number of methoxy groups -OCH3 is 1. The molecular formula is C15H21NO3. The molecule has 1 aliphatic heterocycles. The second-order valence-corrected chi connectivity index (χ2v) is 5.42. The monoisotopic (exact) mass is 263 g/mol. The van der Waals surface area contributed by atoms with Crippen LogP contribution in [0.5, 0.6) is 11.5 Å². The predicted octanol–water partition coefficient (Wildman–Crippen LogP) is 2.20. The maximum atomic E-state index is 6.34. The zero-order valence-corrected chi connectivity index (χ0v) is 11.4. The molecule has 0 bridgehead atoms. The van der Waals surface area contributed by atoms with Crippen LogP contribution in [0.4, 0.5) is 0 Å². The summed E-state index contributed by atoms with van der Waals surface area (Å²) in [5.41, 5.74) is 7.21. The van der Waals surface area contributed by atoms with Crippen molar-refractivity contribution in [2.45, 2.75) is 37.3 Å². The molecule has 0 radical (unpaired) electrons. The molecular weight excluding hydrogens is 242 g/mol. The van der Waals surface area contributed by atoms with Crippen LogP contribution in [0.2, 0.25) is 0 Å². The van der Waals surface area contributed by atoms with Gasteiger partial charge in [0.15, 0.2) is 11.5 Å². The van der Waals surface area contributed by atoms with Crippen molar-refractivity contribution in [2.75, 3.05) is 20.3 Å². The maximum Gasteiger partial charge on any atom is 0.166 e. The third-order valence-corrected chi connectivity index (χ3v) is 3.98. The largest absolute Gasteiger partial charge is 0.493 e. The number of rotatable bonds is 4. The Morgan fingerprint density at radius 3 is 2.63 bits per heavy atom. The highest BCUT2D eigenvalue weighted by molar-refractivity contribution is 5.51. The first kappa shape index (κ1) is 12.8. The third kappa shape index (κ3) is 2.55. The lowest BCUT2D eigenvalue weighted by molar-refractivity contribution is 0.0239. The Balaban J connectivity index is 1.88. The van der Waals surface area contributed by atoms with Crippen LogP contribution in [0.25, 0.3) is 0 Å². The first-order valence-electron chi connectivity index (χ1n) is 6.94. The molecule has 1 aliphatic carbocycles. The third-order valence-electron chi connectivity index (χ3n) is 3.98. The first-order chi connectivity index (χ1) is 9.23. The van der Waals surface area contributed by atoms with Crippen molar-refractivity contribution in [1.82, 2.24) is 0 Å². The molecule has 1 aromatic carbocycles. The molecule has 4 heteroatoms. The van der Waals surface area contributed by atoms with E-state index in [4.69, 9.17) is 19.9 Å². The van der Waals surface area contributed by atoms with Crippen molar-refractivity contribution in [1.29, 1.82) is 0 Å². The lowest BCUT2D eigenvalue weighted by atomic mass is 10.0. The van der Waals surface area contributed by atoms with Gasteiger partial charge in [-0.2, -0.15) is 0 Å². The molecule has 1 saturated carbocycles. The van der Waals surface area contributed by atoms with Gasteiger partial charge in [0.1, 0.15) is 6.10 Å². The number of para-hydroxylation sites is 1. The summed E-state index contributed by atoms with van der Waals surface area (Å²) < 4.78 is 17.0. The molecule has 0 amide bonds. The summed E-state index contributed by atoms with van der Waals surface area (Å²) >= 11 is 0. The van der Waals surface area contributed by atoms with Crippen molar-refractivity contribution in [2.24, 2.45) is 5.73 Å². The van der Waals surface area contributed by atoms with Crippen molar-refractivity contribution < 1.29 is 14.2 Å². The van der Waals surface area contributed by atoms with Gasteiger partial charge in [0.25, 0.3) is 0 Å². The van der Waals surface area contributed by atoms with Gasteiger partial charge < -0.3 is 19.9 Å². The Hall–Kier alpha value is -1.26. The minimum absolute atomic E-state index is 0.200. The Morgan fingerprint density at radius 2 is 2.00 bits per heavy atom. The highest BCUT2D eigenvalue weighted by Gasteiger charge is 2.43. The van der Waals surface area contributed by atoms with Crippen molar-refractivity contribution in [3.63, 3.8) is 0 Å². The summed E-state index contributed by atoms with van der Waals surface area (Å²) in [7, 11) is 1.67. The average molecular weight is 263 g/mol. The summed E-state index contributed by atoms with van der Waals surface area (Å²) in [5, 5.41) is 0. The fourth-order valence-electron chi connectivity index (χ4n) is 2.55. The van der Waals surface area contributed by atoms with E-state index < -0.39 is 0 Å². The summed E-state index contributed by atoms with van der Waals surface area (Å²) in [6.07, 6.45) is 4.09. The quantitative estimate of drug-likeness (QED) is 0.904. The van der Waals surface area contributed by atoms with Gasteiger partial charge in [0.05, 0.1) is 20.3 Å². The molecule has 2 N–H and O–H groups in total. The van der Waals surface area contributed by atoms with Crippen LogP contribution < -0.4 is 15.2 Å². The van der Waals surface area contributed by atoms with Crippen molar-refractivity contribution in [3.05, 3.63) is 23.8 Å². The summed E-state index contributed by atoms with van der Waals surface area (Å²) in [6.45, 7) is 1.53. The van der Waals surface area contributed by atoms with E-state index in [1.165, 1.54) is 0 Å². The SMILES string of the molecule is COc1cccc(C2(N)CC2)c1OC1CCOCC1. The van der Waals surface area contributed by atoms with E-state index in [0.717, 1.165) is 56.0 Å². The highest BCUT2D eigenvalue weighted by atomic mass is 16.5. The summed E-state index contributed by atoms with van der Waals surface area (Å²) in [5.74, 6) is 1.61. The molecule has 0 atom stereocenters. The van der Waals surface area contributed by atoms with Gasteiger partial charge in [-0.1, -0.05) is 12.1 Å². The highest BCUT2D eigenvalue weighted by Crippen LogP contribution is 2.49. The van der Waals surface area contributed by atoms with Gasteiger partial charge >= 0.3 is 0 Å². The zero-order chi connectivity index (χ0) is 13.3. The molecule has 2 fully saturated rings. The number of ether oxygens (including phenoxy) is 3. The molecule has 104 valence electrons. The second kappa shape index (κ2) is 5.02. The molecule has 1 aromatic rings. The van der Waals surface area contributed by atoms with Gasteiger partial charge in [-0.3, -0.25) is 0 Å². The van der Waals surface area contributed by atoms with E-state index in [0.29, 0.717) is 0 Å². The Bertz CT molecular complexity index is 451. The van der Waals surface area contributed by atoms with E-state index in [9.17, 15) is 0 Å². The van der Waals surface area contributed by atoms with Crippen LogP contribution in [0.3, 0.4) is 0 Å². The van der Waals surface area contributed by atoms with Crippen molar-refractivity contribution >= 4 is 0 Å². The lowest BCUT2D eigenvalue weighted by Crippen LogP contribution is -2.28. The van der Waals surface area contributed by atoms with Crippen LogP contribution in [-0.4, -0.2) is 26.4 Å². The van der Waals surface area contributed by atoms with Gasteiger partial charge in [-0.25, -0.2) is 0 Å². The molecule has 1 heterocycles. The molecule has 19 heavy (non-hydrogen) atoms. The van der Waals surface area contributed by atoms with Crippen LogP contribution in [0.1, 0.15) is 31.2 Å². The number of benzene rings is 1. The van der Waals surface area contributed by atoms with Gasteiger partial charge in [-0.05, 0) is 18.9 Å². The summed E-state index contributed by atoms with van der Waals surface area (Å²) in [4.78, 5) is 0. The smallest absolute Gasteiger partial charge is 0.166 e. The molecule has 3 rings (SSSR count). The average Bonchev–Trinajstić information content (AvgIpc) is 3.19. The molecule has 0 unspecified atom stereocenters. The fourth-order valence-corrected chi connectivity index (χ4v) is 2.55. The van der Waals surface area contributed by atoms with Gasteiger partial charge in [0.2, 0.25) is 0 Å². The van der Waals surface area contributed by atoms with Crippen LogP contribution in [-0.2, 0) is 10.3 Å². The van der Waals surface area contributed by atoms with E-state index in [-0.39, 0.29) is 11.6 Å². The molecule has 0 spiro atoms. The van der Waals surface area contributed by atoms with Crippen LogP contribution in [0.15, 0.2) is 18.2 Å². The minimum Gasteiger partial charge on any atom is -0.493 e. The molecule has 0 aromatic heterocycles. The first-order valence-corrected chi connectivity index (χ1v) is 6.94. The van der Waals surface area contributed by atoms with E-state index in [2.05, 4.69) is 6.07 Å². The normalized spacial score (nSPS) is 22.0. The van der Waals surface area contributed by atoms with E-state index in [1.807, 2.05) is 12.1 Å². The zero-order valence-electron chi connectivity index (χ0n) is 11.4. The van der Waals surface area contributed by atoms with E-state index >= 15 is 0 Å². The lowest BCUT2D eigenvalue weighted by Gasteiger charge is -2.26. The molecule has 1 saturated heterocycles. The Morgan fingerprint density at radius 1 is 1.26 bits per heavy atom. The van der Waals surface area contributed by atoms with Crippen molar-refractivity contribution in [3.8, 4) is 11.5 Å². The Labute approximate surface area is 113 Å². The summed E-state index contributed by atoms with van der Waals surface area (Å²) in [6, 6.07) is 5.98. The maximum absolute atomic E-state index is 6.34. The predicted molar refractivity (Wildman–Crippen MR) is 72.6 cm³/mol. The van der Waals surface area contributed by atoms with Crippen LogP contribution in [0, 0.1) is 0 Å². The second-order valence-electron chi connectivity index (χ2n) is 5.42. The van der Waals surface area contributed by atoms with E-state index in [1.54, 1.807) is 7.11 Å².